The van der Waals surface area contributed by atoms with E-state index in [-0.39, 0.29) is 11.3 Å². The van der Waals surface area contributed by atoms with Crippen molar-refractivity contribution >= 4 is 5.91 Å². The molecule has 2 unspecified atom stereocenters. The highest BCUT2D eigenvalue weighted by Gasteiger charge is 2.57. The van der Waals surface area contributed by atoms with Crippen LogP contribution in [0.1, 0.15) is 53.4 Å². The van der Waals surface area contributed by atoms with Crippen molar-refractivity contribution in [1.82, 2.24) is 10.6 Å². The molecule has 0 aromatic heterocycles. The van der Waals surface area contributed by atoms with E-state index in [2.05, 4.69) is 38.3 Å². The van der Waals surface area contributed by atoms with E-state index in [0.717, 1.165) is 25.9 Å². The molecule has 1 saturated heterocycles. The molecule has 2 N–H and O–H groups in total. The van der Waals surface area contributed by atoms with Crippen molar-refractivity contribution in [2.24, 2.45) is 16.7 Å². The zero-order valence-electron chi connectivity index (χ0n) is 12.3. The van der Waals surface area contributed by atoms with Crippen molar-refractivity contribution in [3.8, 4) is 0 Å². The fourth-order valence-corrected chi connectivity index (χ4v) is 3.40. The van der Waals surface area contributed by atoms with Crippen LogP contribution in [0.25, 0.3) is 0 Å². The maximum atomic E-state index is 12.4. The molecule has 104 valence electrons. The molecule has 2 fully saturated rings. The number of rotatable bonds is 3. The first-order valence-electron chi connectivity index (χ1n) is 7.40. The van der Waals surface area contributed by atoms with Gasteiger partial charge >= 0.3 is 0 Å². The lowest BCUT2D eigenvalue weighted by Crippen LogP contribution is -2.45. The zero-order valence-corrected chi connectivity index (χ0v) is 12.3. The molecule has 1 aliphatic carbocycles. The van der Waals surface area contributed by atoms with Gasteiger partial charge in [0, 0.05) is 12.0 Å². The smallest absolute Gasteiger partial charge is 0.223 e. The van der Waals surface area contributed by atoms with Crippen LogP contribution < -0.4 is 10.6 Å². The van der Waals surface area contributed by atoms with Gasteiger partial charge in [0.1, 0.15) is 0 Å². The van der Waals surface area contributed by atoms with Gasteiger partial charge in [0.2, 0.25) is 5.91 Å². The van der Waals surface area contributed by atoms with Crippen molar-refractivity contribution in [1.29, 1.82) is 0 Å². The summed E-state index contributed by atoms with van der Waals surface area (Å²) in [6.45, 7) is 10.9. The monoisotopic (exact) mass is 252 g/mol. The van der Waals surface area contributed by atoms with E-state index in [1.54, 1.807) is 0 Å². The highest BCUT2D eigenvalue weighted by molar-refractivity contribution is 5.83. The maximum Gasteiger partial charge on any atom is 0.223 e. The van der Waals surface area contributed by atoms with Crippen molar-refractivity contribution in [3.05, 3.63) is 0 Å². The summed E-state index contributed by atoms with van der Waals surface area (Å²) in [6, 6.07) is 0.296. The molecule has 3 nitrogen and oxygen atoms in total. The first kappa shape index (κ1) is 13.9. The van der Waals surface area contributed by atoms with Gasteiger partial charge in [-0.1, -0.05) is 27.7 Å². The minimum Gasteiger partial charge on any atom is -0.353 e. The molecule has 1 saturated carbocycles. The number of nitrogens with one attached hydrogen (secondary N) is 2. The standard InChI is InChI=1S/C15H28N2O/c1-5-12(14(2,3)4)17-13(18)11-10-15(11)6-8-16-9-7-15/h11-12,16H,5-10H2,1-4H3,(H,17,18). The minimum absolute atomic E-state index is 0.153. The van der Waals surface area contributed by atoms with Gasteiger partial charge in [0.25, 0.3) is 0 Å². The molecule has 1 aliphatic heterocycles. The molecule has 2 atom stereocenters. The Morgan fingerprint density at radius 1 is 1.39 bits per heavy atom. The summed E-state index contributed by atoms with van der Waals surface area (Å²) in [4.78, 5) is 12.4. The zero-order chi connectivity index (χ0) is 13.4. The van der Waals surface area contributed by atoms with Crippen LogP contribution in [0.2, 0.25) is 0 Å². The lowest BCUT2D eigenvalue weighted by atomic mass is 9.84. The van der Waals surface area contributed by atoms with Gasteiger partial charge in [-0.3, -0.25) is 4.79 Å². The summed E-state index contributed by atoms with van der Waals surface area (Å²) >= 11 is 0. The fraction of sp³-hybridized carbons (Fsp3) is 0.933. The van der Waals surface area contributed by atoms with Gasteiger partial charge in [0.15, 0.2) is 0 Å². The van der Waals surface area contributed by atoms with Gasteiger partial charge in [-0.15, -0.1) is 0 Å². The average Bonchev–Trinajstić information content (AvgIpc) is 2.99. The topological polar surface area (TPSA) is 41.1 Å². The summed E-state index contributed by atoms with van der Waals surface area (Å²) in [5, 5.41) is 6.67. The quantitative estimate of drug-likeness (QED) is 0.809. The summed E-state index contributed by atoms with van der Waals surface area (Å²) in [7, 11) is 0. The Morgan fingerprint density at radius 2 is 2.00 bits per heavy atom. The van der Waals surface area contributed by atoms with Crippen LogP contribution in [-0.4, -0.2) is 25.0 Å². The second-order valence-electron chi connectivity index (χ2n) is 7.20. The third-order valence-corrected chi connectivity index (χ3v) is 4.88. The van der Waals surface area contributed by atoms with E-state index in [1.165, 1.54) is 12.8 Å². The first-order chi connectivity index (χ1) is 8.39. The summed E-state index contributed by atoms with van der Waals surface area (Å²) in [5.74, 6) is 0.592. The Balaban J connectivity index is 1.90. The molecule has 1 amide bonds. The number of carbonyl (C=O) groups is 1. The van der Waals surface area contributed by atoms with E-state index in [1.807, 2.05) is 0 Å². The Labute approximate surface area is 111 Å². The van der Waals surface area contributed by atoms with Gasteiger partial charge in [-0.25, -0.2) is 0 Å². The molecule has 0 radical (unpaired) electrons. The van der Waals surface area contributed by atoms with Crippen LogP contribution in [0.4, 0.5) is 0 Å². The molecule has 0 bridgehead atoms. The summed E-state index contributed by atoms with van der Waals surface area (Å²) < 4.78 is 0. The molecular formula is C15H28N2O. The Kier molecular flexibility index (Phi) is 3.72. The number of amides is 1. The predicted molar refractivity (Wildman–Crippen MR) is 74.3 cm³/mol. The maximum absolute atomic E-state index is 12.4. The van der Waals surface area contributed by atoms with Crippen LogP contribution in [0.15, 0.2) is 0 Å². The Hall–Kier alpha value is -0.570. The molecule has 1 spiro atoms. The van der Waals surface area contributed by atoms with Gasteiger partial charge in [-0.05, 0) is 49.6 Å². The molecule has 1 heterocycles. The highest BCUT2D eigenvalue weighted by Crippen LogP contribution is 2.58. The Morgan fingerprint density at radius 3 is 2.50 bits per heavy atom. The number of hydrogen-bond donors (Lipinski definition) is 2. The molecule has 0 aromatic carbocycles. The molecule has 2 rings (SSSR count). The molecular weight excluding hydrogens is 224 g/mol. The van der Waals surface area contributed by atoms with Crippen molar-refractivity contribution in [3.63, 3.8) is 0 Å². The van der Waals surface area contributed by atoms with Crippen molar-refractivity contribution < 1.29 is 4.79 Å². The lowest BCUT2D eigenvalue weighted by Gasteiger charge is -2.31. The first-order valence-corrected chi connectivity index (χ1v) is 7.40. The molecule has 18 heavy (non-hydrogen) atoms. The number of piperidine rings is 1. The second kappa shape index (κ2) is 4.84. The van der Waals surface area contributed by atoms with E-state index in [4.69, 9.17) is 0 Å². The van der Waals surface area contributed by atoms with Gasteiger partial charge in [0.05, 0.1) is 0 Å². The van der Waals surface area contributed by atoms with Crippen LogP contribution in [0.3, 0.4) is 0 Å². The fourth-order valence-electron chi connectivity index (χ4n) is 3.40. The van der Waals surface area contributed by atoms with E-state index >= 15 is 0 Å². The largest absolute Gasteiger partial charge is 0.353 e. The highest BCUT2D eigenvalue weighted by atomic mass is 16.2. The number of carbonyl (C=O) groups excluding carboxylic acids is 1. The van der Waals surface area contributed by atoms with E-state index in [0.29, 0.717) is 17.4 Å². The van der Waals surface area contributed by atoms with Crippen LogP contribution >= 0.6 is 0 Å². The molecule has 3 heteroatoms. The van der Waals surface area contributed by atoms with Crippen LogP contribution in [-0.2, 0) is 4.79 Å². The van der Waals surface area contributed by atoms with E-state index < -0.39 is 0 Å². The average molecular weight is 252 g/mol. The summed E-state index contributed by atoms with van der Waals surface area (Å²) in [5.41, 5.74) is 0.506. The molecule has 2 aliphatic rings. The summed E-state index contributed by atoms with van der Waals surface area (Å²) in [6.07, 6.45) is 4.48. The minimum atomic E-state index is 0.153. The third kappa shape index (κ3) is 2.71. The van der Waals surface area contributed by atoms with Gasteiger partial charge < -0.3 is 10.6 Å². The SMILES string of the molecule is CCC(NC(=O)C1CC12CCNCC2)C(C)(C)C. The van der Waals surface area contributed by atoms with E-state index in [9.17, 15) is 4.79 Å². The van der Waals surface area contributed by atoms with Crippen molar-refractivity contribution in [2.75, 3.05) is 13.1 Å². The second-order valence-corrected chi connectivity index (χ2v) is 7.20. The normalized spacial score (nSPS) is 27.9. The number of hydrogen-bond acceptors (Lipinski definition) is 2. The van der Waals surface area contributed by atoms with Gasteiger partial charge in [-0.2, -0.15) is 0 Å². The van der Waals surface area contributed by atoms with Crippen LogP contribution in [0.5, 0.6) is 0 Å². The predicted octanol–water partition coefficient (Wildman–Crippen LogP) is 2.32. The Bertz CT molecular complexity index is 313. The third-order valence-electron chi connectivity index (χ3n) is 4.88. The van der Waals surface area contributed by atoms with Crippen molar-refractivity contribution in [2.45, 2.75) is 59.4 Å². The molecule has 0 aromatic rings. The van der Waals surface area contributed by atoms with Crippen LogP contribution in [0, 0.1) is 16.7 Å². The lowest BCUT2D eigenvalue weighted by molar-refractivity contribution is -0.124.